The minimum atomic E-state index is -4.47. The fourth-order valence-corrected chi connectivity index (χ4v) is 4.00. The summed E-state index contributed by atoms with van der Waals surface area (Å²) in [4.78, 5) is 19.6. The first-order chi connectivity index (χ1) is 17.9. The van der Waals surface area contributed by atoms with Gasteiger partial charge in [0, 0.05) is 30.9 Å². The molecule has 0 unspecified atom stereocenters. The average molecular weight is 513 g/mol. The van der Waals surface area contributed by atoms with E-state index in [4.69, 9.17) is 4.74 Å². The van der Waals surface area contributed by atoms with Crippen molar-refractivity contribution < 1.29 is 22.3 Å². The van der Waals surface area contributed by atoms with Gasteiger partial charge in [-0.05, 0) is 35.9 Å². The number of aromatic nitrogens is 4. The molecule has 0 amide bonds. The molecular weight excluding hydrogens is 490 g/mol. The molecule has 1 aliphatic heterocycles. The van der Waals surface area contributed by atoms with Crippen LogP contribution in [0.15, 0.2) is 54.7 Å². The van der Waals surface area contributed by atoms with Crippen LogP contribution in [0.5, 0.6) is 0 Å². The van der Waals surface area contributed by atoms with Gasteiger partial charge in [0.1, 0.15) is 12.4 Å². The van der Waals surface area contributed by atoms with Crippen LogP contribution < -0.4 is 15.5 Å². The molecule has 0 atom stereocenters. The number of benzene rings is 2. The van der Waals surface area contributed by atoms with Gasteiger partial charge in [-0.3, -0.25) is 0 Å². The Labute approximate surface area is 209 Å². The van der Waals surface area contributed by atoms with Gasteiger partial charge in [-0.15, -0.1) is 0 Å². The van der Waals surface area contributed by atoms with Gasteiger partial charge in [0.15, 0.2) is 17.0 Å². The normalized spacial score (nSPS) is 14.1. The van der Waals surface area contributed by atoms with Crippen molar-refractivity contribution >= 4 is 28.6 Å². The van der Waals surface area contributed by atoms with Crippen LogP contribution in [-0.2, 0) is 11.3 Å². The van der Waals surface area contributed by atoms with E-state index in [9.17, 15) is 17.6 Å². The van der Waals surface area contributed by atoms with Crippen molar-refractivity contribution in [1.29, 1.82) is 0 Å². The van der Waals surface area contributed by atoms with E-state index in [-0.39, 0.29) is 22.9 Å². The average Bonchev–Trinajstić information content (AvgIpc) is 2.91. The highest BCUT2D eigenvalue weighted by Gasteiger charge is 2.28. The third-order valence-electron chi connectivity index (χ3n) is 5.78. The molecule has 12 heteroatoms. The molecule has 37 heavy (non-hydrogen) atoms. The zero-order valence-electron chi connectivity index (χ0n) is 19.6. The quantitative estimate of drug-likeness (QED) is 0.346. The first-order valence-electron chi connectivity index (χ1n) is 11.6. The maximum atomic E-state index is 13.3. The molecule has 0 radical (unpaired) electrons. The smallest absolute Gasteiger partial charge is 0.378 e. The van der Waals surface area contributed by atoms with Gasteiger partial charge in [-0.1, -0.05) is 18.2 Å². The summed E-state index contributed by atoms with van der Waals surface area (Å²) < 4.78 is 57.8. The molecule has 2 aromatic heterocycles. The van der Waals surface area contributed by atoms with Gasteiger partial charge in [-0.2, -0.15) is 23.1 Å². The SMILES string of the molecule is Fc1ccc(-c2cnc3nc(NCc4ccccc4N4CCOCC4)nc(NCC(F)(F)F)c3n2)cc1. The molecule has 4 aromatic rings. The van der Waals surface area contributed by atoms with Gasteiger partial charge in [-0.25, -0.2) is 14.4 Å². The Morgan fingerprint density at radius 2 is 1.68 bits per heavy atom. The molecular formula is C25H23F4N7O. The van der Waals surface area contributed by atoms with Crippen molar-refractivity contribution in [3.8, 4) is 11.3 Å². The van der Waals surface area contributed by atoms with E-state index in [1.54, 1.807) is 0 Å². The molecule has 3 heterocycles. The molecule has 1 aliphatic rings. The summed E-state index contributed by atoms with van der Waals surface area (Å²) >= 11 is 0. The maximum Gasteiger partial charge on any atom is 0.405 e. The lowest BCUT2D eigenvalue weighted by molar-refractivity contribution is -0.115. The number of para-hydroxylation sites is 1. The largest absolute Gasteiger partial charge is 0.405 e. The van der Waals surface area contributed by atoms with E-state index in [2.05, 4.69) is 35.5 Å². The lowest BCUT2D eigenvalue weighted by atomic mass is 10.1. The number of alkyl halides is 3. The first kappa shape index (κ1) is 24.6. The van der Waals surface area contributed by atoms with Crippen LogP contribution >= 0.6 is 0 Å². The second-order valence-electron chi connectivity index (χ2n) is 8.38. The van der Waals surface area contributed by atoms with Crippen LogP contribution in [0.3, 0.4) is 0 Å². The molecule has 2 N–H and O–H groups in total. The molecule has 192 valence electrons. The fraction of sp³-hybridized carbons (Fsp3) is 0.280. The highest BCUT2D eigenvalue weighted by molar-refractivity contribution is 5.85. The molecule has 1 fully saturated rings. The molecule has 2 aromatic carbocycles. The number of rotatable bonds is 7. The minimum absolute atomic E-state index is 0.0744. The molecule has 8 nitrogen and oxygen atoms in total. The molecule has 0 saturated carbocycles. The zero-order valence-corrected chi connectivity index (χ0v) is 19.6. The second kappa shape index (κ2) is 10.5. The molecule has 5 rings (SSSR count). The highest BCUT2D eigenvalue weighted by Crippen LogP contribution is 2.26. The predicted molar refractivity (Wildman–Crippen MR) is 132 cm³/mol. The Balaban J connectivity index is 1.45. The molecule has 0 spiro atoms. The summed E-state index contributed by atoms with van der Waals surface area (Å²) in [5, 5.41) is 5.43. The number of hydrogen-bond donors (Lipinski definition) is 2. The summed E-state index contributed by atoms with van der Waals surface area (Å²) in [6.07, 6.45) is -3.03. The van der Waals surface area contributed by atoms with Crippen molar-refractivity contribution in [2.45, 2.75) is 12.7 Å². The van der Waals surface area contributed by atoms with E-state index in [0.717, 1.165) is 24.3 Å². The number of hydrogen-bond acceptors (Lipinski definition) is 8. The zero-order chi connectivity index (χ0) is 25.8. The number of nitrogens with one attached hydrogen (secondary N) is 2. The number of halogens is 4. The van der Waals surface area contributed by atoms with Crippen LogP contribution in [0.1, 0.15) is 5.56 Å². The Morgan fingerprint density at radius 1 is 0.919 bits per heavy atom. The molecule has 0 bridgehead atoms. The standard InChI is InChI=1S/C25H23F4N7O/c26-18-7-5-16(6-8-18)19-14-30-22-21(33-19)23(32-15-25(27,28)29)35-24(34-22)31-13-17-3-1-2-4-20(17)36-9-11-37-12-10-36/h1-8,14H,9-13,15H2,(H2,30,31,32,34,35). The van der Waals surface area contributed by atoms with Gasteiger partial charge in [0.25, 0.3) is 0 Å². The summed E-state index contributed by atoms with van der Waals surface area (Å²) in [5.41, 5.74) is 3.12. The molecule has 0 aliphatic carbocycles. The number of morpholine rings is 1. The lowest BCUT2D eigenvalue weighted by Crippen LogP contribution is -2.36. The van der Waals surface area contributed by atoms with Crippen LogP contribution in [0.25, 0.3) is 22.4 Å². The van der Waals surface area contributed by atoms with Crippen molar-refractivity contribution in [2.75, 3.05) is 48.4 Å². The van der Waals surface area contributed by atoms with E-state index in [1.807, 2.05) is 24.3 Å². The van der Waals surface area contributed by atoms with E-state index < -0.39 is 18.5 Å². The van der Waals surface area contributed by atoms with Gasteiger partial charge >= 0.3 is 6.18 Å². The van der Waals surface area contributed by atoms with Crippen LogP contribution in [0, 0.1) is 5.82 Å². The van der Waals surface area contributed by atoms with Crippen LogP contribution in [-0.4, -0.2) is 59.0 Å². The Kier molecular flexibility index (Phi) is 6.99. The lowest BCUT2D eigenvalue weighted by Gasteiger charge is -2.30. The maximum absolute atomic E-state index is 13.3. The van der Waals surface area contributed by atoms with Gasteiger partial charge in [0.05, 0.1) is 25.1 Å². The first-order valence-corrected chi connectivity index (χ1v) is 11.6. The minimum Gasteiger partial charge on any atom is -0.378 e. The van der Waals surface area contributed by atoms with Crippen LogP contribution in [0.4, 0.5) is 35.0 Å². The third kappa shape index (κ3) is 6.02. The van der Waals surface area contributed by atoms with E-state index in [1.165, 1.54) is 30.5 Å². The second-order valence-corrected chi connectivity index (χ2v) is 8.38. The number of fused-ring (bicyclic) bond motifs is 1. The monoisotopic (exact) mass is 513 g/mol. The third-order valence-corrected chi connectivity index (χ3v) is 5.78. The van der Waals surface area contributed by atoms with Gasteiger partial charge in [0.2, 0.25) is 5.95 Å². The summed E-state index contributed by atoms with van der Waals surface area (Å²) in [6, 6.07) is 13.4. The van der Waals surface area contributed by atoms with Crippen molar-refractivity contribution in [1.82, 2.24) is 19.9 Å². The van der Waals surface area contributed by atoms with Crippen molar-refractivity contribution in [2.24, 2.45) is 0 Å². The Hall–Kier alpha value is -4.06. The summed E-state index contributed by atoms with van der Waals surface area (Å²) in [7, 11) is 0. The topological polar surface area (TPSA) is 88.1 Å². The Bertz CT molecular complexity index is 1380. The summed E-state index contributed by atoms with van der Waals surface area (Å²) in [6.45, 7) is 1.85. The van der Waals surface area contributed by atoms with Gasteiger partial charge < -0.3 is 20.3 Å². The summed E-state index contributed by atoms with van der Waals surface area (Å²) in [5.74, 6) is -0.417. The number of nitrogens with zero attached hydrogens (tertiary/aromatic N) is 5. The Morgan fingerprint density at radius 3 is 2.43 bits per heavy atom. The van der Waals surface area contributed by atoms with Crippen LogP contribution in [0.2, 0.25) is 0 Å². The highest BCUT2D eigenvalue weighted by atomic mass is 19.4. The number of ether oxygens (including phenoxy) is 1. The fourth-order valence-electron chi connectivity index (χ4n) is 4.00. The number of anilines is 3. The predicted octanol–water partition coefficient (Wildman–Crippen LogP) is 4.65. The molecule has 1 saturated heterocycles. The van der Waals surface area contributed by atoms with Crippen molar-refractivity contribution in [3.63, 3.8) is 0 Å². The van der Waals surface area contributed by atoms with Crippen molar-refractivity contribution in [3.05, 3.63) is 66.1 Å². The van der Waals surface area contributed by atoms with E-state index >= 15 is 0 Å². The van der Waals surface area contributed by atoms with E-state index in [0.29, 0.717) is 31.0 Å².